The molecule has 1 N–H and O–H groups in total. The van der Waals surface area contributed by atoms with Gasteiger partial charge in [0.1, 0.15) is 11.6 Å². The number of pyridine rings is 1. The molecule has 0 amide bonds. The van der Waals surface area contributed by atoms with Crippen LogP contribution in [0.1, 0.15) is 17.1 Å². The van der Waals surface area contributed by atoms with E-state index in [0.717, 1.165) is 26.8 Å². The van der Waals surface area contributed by atoms with Crippen LogP contribution in [0.5, 0.6) is 0 Å². The number of nitrogens with one attached hydrogen (secondary N) is 1. The highest BCUT2D eigenvalue weighted by molar-refractivity contribution is 5.84. The largest absolute Gasteiger partial charge is 0.453 e. The fraction of sp³-hybridized carbons (Fsp3) is 0.263. The first-order valence-electron chi connectivity index (χ1n) is 8.84. The monoisotopic (exact) mass is 401 g/mol. The van der Waals surface area contributed by atoms with Crippen molar-refractivity contribution in [2.24, 2.45) is 0 Å². The molecule has 0 aliphatic carbocycles. The van der Waals surface area contributed by atoms with Gasteiger partial charge in [-0.15, -0.1) is 5.10 Å². The molecular weight excluding hydrogens is 383 g/mol. The topological polar surface area (TPSA) is 71.2 Å². The van der Waals surface area contributed by atoms with Gasteiger partial charge in [0, 0.05) is 37.8 Å². The van der Waals surface area contributed by atoms with Gasteiger partial charge in [-0.05, 0) is 24.6 Å². The van der Waals surface area contributed by atoms with Crippen LogP contribution in [0.4, 0.5) is 24.8 Å². The highest BCUT2D eigenvalue weighted by Gasteiger charge is 2.36. The van der Waals surface area contributed by atoms with Crippen LogP contribution in [0.25, 0.3) is 16.7 Å². The van der Waals surface area contributed by atoms with Crippen molar-refractivity contribution in [3.8, 4) is 0 Å². The zero-order chi connectivity index (χ0) is 20.8. The Morgan fingerprint density at radius 2 is 1.83 bits per heavy atom. The smallest absolute Gasteiger partial charge is 0.366 e. The van der Waals surface area contributed by atoms with E-state index in [1.54, 1.807) is 13.0 Å². The number of hydrogen-bond acceptors (Lipinski definition) is 6. The Morgan fingerprint density at radius 3 is 2.55 bits per heavy atom. The molecule has 0 spiro atoms. The van der Waals surface area contributed by atoms with Crippen LogP contribution in [-0.2, 0) is 12.7 Å². The fourth-order valence-corrected chi connectivity index (χ4v) is 3.03. The predicted molar refractivity (Wildman–Crippen MR) is 104 cm³/mol. The number of aromatic nitrogens is 5. The molecule has 0 fully saturated rings. The number of rotatable bonds is 4. The molecule has 10 heteroatoms. The van der Waals surface area contributed by atoms with Gasteiger partial charge in [-0.25, -0.2) is 9.97 Å². The van der Waals surface area contributed by atoms with Crippen LogP contribution in [0.2, 0.25) is 0 Å². The first-order chi connectivity index (χ1) is 13.7. The maximum atomic E-state index is 13.0. The summed E-state index contributed by atoms with van der Waals surface area (Å²) in [5.41, 5.74) is 2.33. The van der Waals surface area contributed by atoms with Crippen LogP contribution >= 0.6 is 0 Å². The molecule has 4 rings (SSSR count). The molecule has 7 nitrogen and oxygen atoms in total. The average molecular weight is 401 g/mol. The summed E-state index contributed by atoms with van der Waals surface area (Å²) in [7, 11) is 3.80. The minimum absolute atomic E-state index is 0.103. The number of aryl methyl sites for hydroxylation is 1. The summed E-state index contributed by atoms with van der Waals surface area (Å²) in [5.74, 6) is -0.157. The van der Waals surface area contributed by atoms with Gasteiger partial charge in [0.2, 0.25) is 0 Å². The maximum Gasteiger partial charge on any atom is 0.453 e. The van der Waals surface area contributed by atoms with Crippen molar-refractivity contribution in [2.45, 2.75) is 19.6 Å². The summed E-state index contributed by atoms with van der Waals surface area (Å²) in [4.78, 5) is 14.1. The summed E-state index contributed by atoms with van der Waals surface area (Å²) in [6.07, 6.45) is -4.64. The van der Waals surface area contributed by atoms with Crippen LogP contribution in [-0.4, -0.2) is 38.7 Å². The normalized spacial score (nSPS) is 11.9. The highest BCUT2D eigenvalue weighted by Crippen LogP contribution is 2.28. The molecule has 150 valence electrons. The molecule has 3 heterocycles. The number of hydrogen-bond donors (Lipinski definition) is 1. The number of benzene rings is 1. The predicted octanol–water partition coefficient (Wildman–Crippen LogP) is 3.68. The van der Waals surface area contributed by atoms with E-state index in [1.165, 1.54) is 0 Å². The van der Waals surface area contributed by atoms with Crippen LogP contribution in [0.15, 0.2) is 36.4 Å². The molecule has 0 atom stereocenters. The van der Waals surface area contributed by atoms with Gasteiger partial charge in [-0.2, -0.15) is 22.7 Å². The molecule has 0 aliphatic heterocycles. The molecular formula is C19H18F3N7. The summed E-state index contributed by atoms with van der Waals surface area (Å²) in [6.45, 7) is 2.06. The van der Waals surface area contributed by atoms with E-state index in [1.807, 2.05) is 49.3 Å². The van der Waals surface area contributed by atoms with Gasteiger partial charge in [0.05, 0.1) is 5.52 Å². The van der Waals surface area contributed by atoms with E-state index in [-0.39, 0.29) is 5.78 Å². The minimum Gasteiger partial charge on any atom is -0.366 e. The van der Waals surface area contributed by atoms with Crippen molar-refractivity contribution >= 4 is 28.3 Å². The number of anilines is 2. The molecule has 29 heavy (non-hydrogen) atoms. The number of alkyl halides is 3. The Kier molecular flexibility index (Phi) is 4.48. The SMILES string of the molecule is Cc1cc(NCc2cc(N(C)C)nc3ccccc23)n2nc(C(F)(F)F)nc2n1. The lowest BCUT2D eigenvalue weighted by molar-refractivity contribution is -0.144. The lowest BCUT2D eigenvalue weighted by atomic mass is 10.1. The van der Waals surface area contributed by atoms with E-state index in [9.17, 15) is 13.2 Å². The molecule has 1 aromatic carbocycles. The third-order valence-electron chi connectivity index (χ3n) is 4.40. The van der Waals surface area contributed by atoms with Crippen molar-refractivity contribution in [3.63, 3.8) is 0 Å². The lowest BCUT2D eigenvalue weighted by Crippen LogP contribution is -2.13. The Morgan fingerprint density at radius 1 is 1.07 bits per heavy atom. The summed E-state index contributed by atoms with van der Waals surface area (Å²) < 4.78 is 40.1. The number of fused-ring (bicyclic) bond motifs is 2. The van der Waals surface area contributed by atoms with E-state index in [0.29, 0.717) is 18.1 Å². The summed E-state index contributed by atoms with van der Waals surface area (Å²) >= 11 is 0. The van der Waals surface area contributed by atoms with Gasteiger partial charge in [-0.1, -0.05) is 18.2 Å². The standard InChI is InChI=1S/C19H18F3N7/c1-11-8-15(29-18(24-11)26-17(27-29)19(20,21)22)23-10-12-9-16(28(2)3)25-14-7-5-4-6-13(12)14/h4-9,23H,10H2,1-3H3. The van der Waals surface area contributed by atoms with Crippen molar-refractivity contribution < 1.29 is 13.2 Å². The van der Waals surface area contributed by atoms with E-state index in [4.69, 9.17) is 0 Å². The van der Waals surface area contributed by atoms with Gasteiger partial charge in [-0.3, -0.25) is 0 Å². The van der Waals surface area contributed by atoms with Gasteiger partial charge < -0.3 is 10.2 Å². The maximum absolute atomic E-state index is 13.0. The molecule has 4 aromatic rings. The Bertz CT molecular complexity index is 1200. The minimum atomic E-state index is -4.64. The van der Waals surface area contributed by atoms with Crippen molar-refractivity contribution in [1.29, 1.82) is 0 Å². The molecule has 0 saturated heterocycles. The first kappa shape index (κ1) is 18.9. The molecule has 0 radical (unpaired) electrons. The summed E-state index contributed by atoms with van der Waals surface area (Å²) in [5, 5.41) is 7.72. The third-order valence-corrected chi connectivity index (χ3v) is 4.40. The van der Waals surface area contributed by atoms with E-state index < -0.39 is 12.0 Å². The zero-order valence-electron chi connectivity index (χ0n) is 16.0. The lowest BCUT2D eigenvalue weighted by Gasteiger charge is -2.16. The first-order valence-corrected chi connectivity index (χ1v) is 8.84. The zero-order valence-corrected chi connectivity index (χ0v) is 16.0. The number of nitrogens with zero attached hydrogens (tertiary/aromatic N) is 6. The Labute approximate surface area is 164 Å². The van der Waals surface area contributed by atoms with Crippen molar-refractivity contribution in [1.82, 2.24) is 24.6 Å². The second kappa shape index (κ2) is 6.87. The highest BCUT2D eigenvalue weighted by atomic mass is 19.4. The quantitative estimate of drug-likeness (QED) is 0.563. The Hall–Kier alpha value is -3.43. The molecule has 3 aromatic heterocycles. The van der Waals surface area contributed by atoms with Gasteiger partial charge >= 0.3 is 6.18 Å². The van der Waals surface area contributed by atoms with E-state index in [2.05, 4.69) is 25.4 Å². The molecule has 0 bridgehead atoms. The van der Waals surface area contributed by atoms with Gasteiger partial charge in [0.15, 0.2) is 0 Å². The number of halogens is 3. The molecule has 0 aliphatic rings. The fourth-order valence-electron chi connectivity index (χ4n) is 3.03. The number of para-hydroxylation sites is 1. The van der Waals surface area contributed by atoms with Crippen molar-refractivity contribution in [2.75, 3.05) is 24.3 Å². The van der Waals surface area contributed by atoms with Crippen LogP contribution in [0.3, 0.4) is 0 Å². The van der Waals surface area contributed by atoms with E-state index >= 15 is 0 Å². The average Bonchev–Trinajstić information content (AvgIpc) is 3.10. The Balaban J connectivity index is 1.74. The van der Waals surface area contributed by atoms with Crippen molar-refractivity contribution in [3.05, 3.63) is 53.5 Å². The second-order valence-corrected chi connectivity index (χ2v) is 6.83. The van der Waals surface area contributed by atoms with Crippen LogP contribution < -0.4 is 10.2 Å². The van der Waals surface area contributed by atoms with Crippen LogP contribution in [0, 0.1) is 6.92 Å². The van der Waals surface area contributed by atoms with Gasteiger partial charge in [0.25, 0.3) is 11.6 Å². The third kappa shape index (κ3) is 3.65. The molecule has 0 saturated carbocycles. The second-order valence-electron chi connectivity index (χ2n) is 6.83. The summed E-state index contributed by atoms with van der Waals surface area (Å²) in [6, 6.07) is 11.3. The molecule has 0 unspecified atom stereocenters.